The van der Waals surface area contributed by atoms with Crippen LogP contribution in [0.4, 0.5) is 14.5 Å². The molecule has 3 aliphatic heterocycles. The van der Waals surface area contributed by atoms with Gasteiger partial charge in [-0.25, -0.2) is 18.4 Å². The van der Waals surface area contributed by atoms with Gasteiger partial charge < -0.3 is 40.1 Å². The third-order valence-corrected chi connectivity index (χ3v) is 12.6. The Morgan fingerprint density at radius 3 is 2.21 bits per heavy atom. The summed E-state index contributed by atoms with van der Waals surface area (Å²) in [7, 11) is 1.28. The second-order valence-corrected chi connectivity index (χ2v) is 17.2. The van der Waals surface area contributed by atoms with E-state index in [0.29, 0.717) is 31.2 Å². The number of halogens is 2. The van der Waals surface area contributed by atoms with Crippen molar-refractivity contribution in [2.75, 3.05) is 33.4 Å². The second kappa shape index (κ2) is 22.5. The van der Waals surface area contributed by atoms with Crippen molar-refractivity contribution >= 4 is 53.1 Å². The molecule has 4 aliphatic rings. The highest BCUT2D eigenvalue weighted by atomic mass is 19.1. The van der Waals surface area contributed by atoms with Crippen molar-refractivity contribution < 1.29 is 56.6 Å². The highest BCUT2D eigenvalue weighted by Crippen LogP contribution is 2.28. The molecule has 3 N–H and O–H groups in total. The summed E-state index contributed by atoms with van der Waals surface area (Å²) < 4.78 is 39.9. The van der Waals surface area contributed by atoms with Crippen LogP contribution in [0.15, 0.2) is 47.6 Å². The number of likely N-dealkylation sites (N-methyl/N-ethyl adjacent to an activating group) is 1. The average molecular weight is 920 g/mol. The number of nitrogens with one attached hydrogen (secondary N) is 3. The predicted molar refractivity (Wildman–Crippen MR) is 230 cm³/mol. The van der Waals surface area contributed by atoms with E-state index in [2.05, 4.69) is 26.0 Å². The van der Waals surface area contributed by atoms with Gasteiger partial charge in [0.05, 0.1) is 5.56 Å². The molecule has 3 saturated heterocycles. The van der Waals surface area contributed by atoms with Crippen LogP contribution in [-0.2, 0) is 49.5 Å². The van der Waals surface area contributed by atoms with Crippen molar-refractivity contribution in [3.05, 3.63) is 75.7 Å². The second-order valence-electron chi connectivity index (χ2n) is 17.2. The van der Waals surface area contributed by atoms with Crippen molar-refractivity contribution in [1.29, 1.82) is 0 Å². The van der Waals surface area contributed by atoms with Gasteiger partial charge in [-0.2, -0.15) is 0 Å². The van der Waals surface area contributed by atoms with E-state index in [0.717, 1.165) is 49.1 Å². The molecule has 0 aromatic heterocycles. The van der Waals surface area contributed by atoms with Crippen molar-refractivity contribution in [3.63, 3.8) is 0 Å². The molecule has 0 unspecified atom stereocenters. The number of esters is 2. The van der Waals surface area contributed by atoms with E-state index in [1.54, 1.807) is 0 Å². The number of ether oxygens (including phenoxy) is 2. The van der Waals surface area contributed by atoms with E-state index in [4.69, 9.17) is 15.0 Å². The standard InChI is InChI=1S/C45H55F2N9O10/c1-26-41(60)56-19-7-11-36(56)45(64)65-24-34(51-39(58)33(22-28-20-30(46)23-31(47)21-28)50-38(57)17-12-27-8-4-3-5-9-27)42(61)55-18-6-10-35(55)43(62)54(2)37(40(59)49-26)25-66-44(63)29-13-15-32(16-14-29)52-53-48/h13-16,20-21,23,26-27,33-37H,3-12,17-19,22,24-25H2,1-2H3,(H,49,59)(H,50,57)(H,51,58)/t26-,33-,34-,35-,36-,37-/m0/s1. The number of fused-ring (bicyclic) bond motifs is 2. The molecule has 6 rings (SSSR count). The van der Waals surface area contributed by atoms with Crippen LogP contribution >= 0.6 is 0 Å². The van der Waals surface area contributed by atoms with Gasteiger partial charge in [-0.05, 0) is 80.3 Å². The molecule has 2 aromatic carbocycles. The minimum absolute atomic E-state index is 0.00687. The average Bonchev–Trinajstić information content (AvgIpc) is 4.00. The number of rotatable bonds is 12. The van der Waals surface area contributed by atoms with Crippen molar-refractivity contribution in [2.45, 2.75) is 120 Å². The quantitative estimate of drug-likeness (QED) is 0.121. The molecule has 354 valence electrons. The molecule has 0 spiro atoms. The molecule has 1 aliphatic carbocycles. The summed E-state index contributed by atoms with van der Waals surface area (Å²) in [6, 6.07) is -0.0961. The zero-order chi connectivity index (χ0) is 47.5. The maximum absolute atomic E-state index is 14.6. The van der Waals surface area contributed by atoms with Gasteiger partial charge in [-0.15, -0.1) is 0 Å². The van der Waals surface area contributed by atoms with E-state index >= 15 is 0 Å². The summed E-state index contributed by atoms with van der Waals surface area (Å²) in [4.78, 5) is 117. The van der Waals surface area contributed by atoms with E-state index in [9.17, 15) is 47.1 Å². The molecular weight excluding hydrogens is 865 g/mol. The van der Waals surface area contributed by atoms with E-state index in [1.807, 2.05) is 0 Å². The Hall–Kier alpha value is -6.63. The van der Waals surface area contributed by atoms with Gasteiger partial charge in [-0.1, -0.05) is 49.4 Å². The first-order chi connectivity index (χ1) is 31.6. The fraction of sp³-hybridized carbons (Fsp3) is 0.556. The number of cyclic esters (lactones) is 1. The largest absolute Gasteiger partial charge is 0.461 e. The van der Waals surface area contributed by atoms with Gasteiger partial charge in [-0.3, -0.25) is 28.8 Å². The third-order valence-electron chi connectivity index (χ3n) is 12.6. The minimum Gasteiger partial charge on any atom is -0.461 e. The maximum atomic E-state index is 14.6. The molecule has 6 amide bonds. The van der Waals surface area contributed by atoms with Gasteiger partial charge >= 0.3 is 11.9 Å². The zero-order valence-corrected chi connectivity index (χ0v) is 36.9. The smallest absolute Gasteiger partial charge is 0.338 e. The van der Waals surface area contributed by atoms with Gasteiger partial charge in [0.15, 0.2) is 0 Å². The Balaban J connectivity index is 1.27. The summed E-state index contributed by atoms with van der Waals surface area (Å²) in [5.74, 6) is -7.83. The van der Waals surface area contributed by atoms with Gasteiger partial charge in [0, 0.05) is 49.6 Å². The highest BCUT2D eigenvalue weighted by Gasteiger charge is 2.44. The molecule has 0 radical (unpaired) electrons. The van der Waals surface area contributed by atoms with Gasteiger partial charge in [0.1, 0.15) is 61.1 Å². The van der Waals surface area contributed by atoms with Crippen molar-refractivity contribution in [3.8, 4) is 0 Å². The monoisotopic (exact) mass is 919 g/mol. The van der Waals surface area contributed by atoms with E-state index < -0.39 is 108 Å². The molecule has 1 saturated carbocycles. The Morgan fingerprint density at radius 1 is 0.894 bits per heavy atom. The zero-order valence-electron chi connectivity index (χ0n) is 36.9. The van der Waals surface area contributed by atoms with Crippen LogP contribution in [0.2, 0.25) is 0 Å². The molecule has 4 fully saturated rings. The first-order valence-electron chi connectivity index (χ1n) is 22.3. The summed E-state index contributed by atoms with van der Waals surface area (Å²) >= 11 is 0. The number of carbonyl (C=O) groups excluding carboxylic acids is 8. The lowest BCUT2D eigenvalue weighted by atomic mass is 9.86. The number of hydrogen-bond donors (Lipinski definition) is 3. The van der Waals surface area contributed by atoms with Crippen LogP contribution in [-0.4, -0.2) is 132 Å². The number of azide groups is 1. The van der Waals surface area contributed by atoms with Crippen LogP contribution in [0, 0.1) is 17.6 Å². The molecule has 0 bridgehead atoms. The molecule has 19 nitrogen and oxygen atoms in total. The Bertz CT molecular complexity index is 2200. The molecule has 3 heterocycles. The number of carbonyl (C=O) groups is 8. The van der Waals surface area contributed by atoms with E-state index in [1.165, 1.54) is 48.0 Å². The first kappa shape index (κ1) is 48.8. The molecule has 21 heteroatoms. The normalized spacial score (nSPS) is 23.8. The lowest BCUT2D eigenvalue weighted by Crippen LogP contribution is -2.61. The Kier molecular flexibility index (Phi) is 16.7. The first-order valence-corrected chi connectivity index (χ1v) is 22.3. The Morgan fingerprint density at radius 2 is 1.55 bits per heavy atom. The number of benzene rings is 2. The highest BCUT2D eigenvalue weighted by molar-refractivity contribution is 5.98. The molecule has 66 heavy (non-hydrogen) atoms. The van der Waals surface area contributed by atoms with Crippen LogP contribution in [0.1, 0.15) is 93.5 Å². The summed E-state index contributed by atoms with van der Waals surface area (Å²) in [5, 5.41) is 11.3. The number of hydrogen-bond acceptors (Lipinski definition) is 11. The van der Waals surface area contributed by atoms with Crippen LogP contribution in [0.5, 0.6) is 0 Å². The molecule has 2 aromatic rings. The summed E-state index contributed by atoms with van der Waals surface area (Å²) in [6.45, 7) is 0.0846. The van der Waals surface area contributed by atoms with Crippen LogP contribution < -0.4 is 16.0 Å². The number of amides is 6. The topological polar surface area (TPSA) is 250 Å². The number of nitrogens with zero attached hydrogens (tertiary/aromatic N) is 6. The van der Waals surface area contributed by atoms with Crippen LogP contribution in [0.3, 0.4) is 0 Å². The minimum atomic E-state index is -1.66. The fourth-order valence-corrected chi connectivity index (χ4v) is 9.05. The van der Waals surface area contributed by atoms with Crippen LogP contribution in [0.25, 0.3) is 10.4 Å². The van der Waals surface area contributed by atoms with Gasteiger partial charge in [0.25, 0.3) is 0 Å². The van der Waals surface area contributed by atoms with Gasteiger partial charge in [0.2, 0.25) is 35.4 Å². The summed E-state index contributed by atoms with van der Waals surface area (Å²) in [6.07, 6.45) is 6.45. The van der Waals surface area contributed by atoms with Crippen molar-refractivity contribution in [1.82, 2.24) is 30.7 Å². The lowest BCUT2D eigenvalue weighted by Gasteiger charge is -2.35. The van der Waals surface area contributed by atoms with E-state index in [-0.39, 0.29) is 55.6 Å². The molecule has 6 atom stereocenters. The SMILES string of the molecule is C[C@@H]1NC(=O)[C@H](COC(=O)c2ccc(N=[N+]=[N-])cc2)N(C)C(=O)[C@@H]2CCCN2C(=O)[C@@H](NC(=O)[C@H](Cc2cc(F)cc(F)c2)NC(=O)CCC2CCCCC2)COC(=O)[C@@H]2CCCN2C1=O. The third kappa shape index (κ3) is 12.4. The fourth-order valence-electron chi connectivity index (χ4n) is 9.05. The lowest BCUT2D eigenvalue weighted by molar-refractivity contribution is -0.158. The molecular formula is C45H55F2N9O10. The maximum Gasteiger partial charge on any atom is 0.338 e. The van der Waals surface area contributed by atoms with Crippen molar-refractivity contribution in [2.24, 2.45) is 11.0 Å². The Labute approximate surface area is 379 Å². The summed E-state index contributed by atoms with van der Waals surface area (Å²) in [5.41, 5.74) is 9.02. The predicted octanol–water partition coefficient (Wildman–Crippen LogP) is 3.51.